The van der Waals surface area contributed by atoms with E-state index in [4.69, 9.17) is 10.7 Å². The number of rotatable bonds is 3. The normalized spacial score (nSPS) is 20.1. The highest BCUT2D eigenvalue weighted by atomic mass is 79.9. The van der Waals surface area contributed by atoms with E-state index in [0.717, 1.165) is 0 Å². The van der Waals surface area contributed by atoms with E-state index in [0.29, 0.717) is 21.2 Å². The fourth-order valence-corrected chi connectivity index (χ4v) is 4.73. The lowest BCUT2D eigenvalue weighted by Gasteiger charge is -2.19. The van der Waals surface area contributed by atoms with Crippen LogP contribution >= 0.6 is 42.5 Å². The summed E-state index contributed by atoms with van der Waals surface area (Å²) < 4.78 is 23.5. The smallest absolute Gasteiger partial charge is 0.232 e. The Bertz CT molecular complexity index is 603. The Balaban J connectivity index is 2.26. The summed E-state index contributed by atoms with van der Waals surface area (Å²) in [6.07, 6.45) is 3.34. The molecule has 1 fully saturated rings. The molecular formula is C10H9Br2ClN2O3S. The van der Waals surface area contributed by atoms with E-state index in [2.05, 4.69) is 36.8 Å². The topological polar surface area (TPSA) is 67.3 Å². The first kappa shape index (κ1) is 15.2. The molecule has 5 nitrogen and oxygen atoms in total. The first-order valence-corrected chi connectivity index (χ1v) is 9.36. The van der Waals surface area contributed by atoms with Crippen molar-refractivity contribution in [3.8, 4) is 0 Å². The minimum absolute atomic E-state index is 0.127. The fourth-order valence-electron chi connectivity index (χ4n) is 2.05. The van der Waals surface area contributed by atoms with Crippen molar-refractivity contribution in [3.05, 3.63) is 21.3 Å². The van der Waals surface area contributed by atoms with Crippen molar-refractivity contribution < 1.29 is 13.2 Å². The molecule has 0 saturated carbocycles. The number of carbonyl (C=O) groups excluding carboxylic acids is 1. The third-order valence-corrected chi connectivity index (χ3v) is 5.15. The highest BCUT2D eigenvalue weighted by Crippen LogP contribution is 2.37. The van der Waals surface area contributed by atoms with Crippen molar-refractivity contribution in [2.75, 3.05) is 17.2 Å². The summed E-state index contributed by atoms with van der Waals surface area (Å²) in [6.45, 7) is 0.325. The van der Waals surface area contributed by atoms with Crippen molar-refractivity contribution in [2.24, 2.45) is 5.92 Å². The molecule has 104 valence electrons. The molecule has 19 heavy (non-hydrogen) atoms. The Hall–Kier alpha value is -0.180. The van der Waals surface area contributed by atoms with Gasteiger partial charge in [-0.3, -0.25) is 9.78 Å². The van der Waals surface area contributed by atoms with Crippen LogP contribution in [-0.4, -0.2) is 31.6 Å². The van der Waals surface area contributed by atoms with Crippen LogP contribution in [0.5, 0.6) is 0 Å². The van der Waals surface area contributed by atoms with E-state index >= 15 is 0 Å². The Morgan fingerprint density at radius 2 is 1.95 bits per heavy atom. The van der Waals surface area contributed by atoms with Gasteiger partial charge in [0, 0.05) is 42.0 Å². The minimum Gasteiger partial charge on any atom is -0.310 e. The van der Waals surface area contributed by atoms with Gasteiger partial charge in [0.05, 0.1) is 20.4 Å². The highest BCUT2D eigenvalue weighted by molar-refractivity contribution is 9.11. The molecule has 2 rings (SSSR count). The van der Waals surface area contributed by atoms with Gasteiger partial charge in [-0.1, -0.05) is 0 Å². The molecule has 1 saturated heterocycles. The molecule has 0 spiro atoms. The molecule has 1 aliphatic rings. The largest absolute Gasteiger partial charge is 0.310 e. The molecule has 0 radical (unpaired) electrons. The van der Waals surface area contributed by atoms with E-state index in [1.165, 1.54) is 0 Å². The highest BCUT2D eigenvalue weighted by Gasteiger charge is 2.34. The predicted octanol–water partition coefficient (Wildman–Crippen LogP) is 2.53. The van der Waals surface area contributed by atoms with E-state index in [-0.39, 0.29) is 24.0 Å². The lowest BCUT2D eigenvalue weighted by Crippen LogP contribution is -2.26. The van der Waals surface area contributed by atoms with Gasteiger partial charge in [0.15, 0.2) is 0 Å². The summed E-state index contributed by atoms with van der Waals surface area (Å²) in [5.41, 5.74) is 0.662. The fraction of sp³-hybridized carbons (Fsp3) is 0.400. The van der Waals surface area contributed by atoms with Crippen LogP contribution in [0.25, 0.3) is 0 Å². The van der Waals surface area contributed by atoms with Gasteiger partial charge < -0.3 is 4.90 Å². The number of aromatic nitrogens is 1. The maximum absolute atomic E-state index is 12.0. The number of halogens is 3. The molecule has 0 aliphatic carbocycles. The first-order valence-electron chi connectivity index (χ1n) is 5.29. The molecule has 1 unspecified atom stereocenters. The number of amides is 1. The van der Waals surface area contributed by atoms with Gasteiger partial charge in [-0.2, -0.15) is 0 Å². The molecule has 0 bridgehead atoms. The van der Waals surface area contributed by atoms with E-state index < -0.39 is 9.05 Å². The average molecular weight is 433 g/mol. The summed E-state index contributed by atoms with van der Waals surface area (Å²) in [7, 11) is 1.63. The lowest BCUT2D eigenvalue weighted by molar-refractivity contribution is -0.117. The molecule has 2 heterocycles. The zero-order valence-electron chi connectivity index (χ0n) is 9.51. The second-order valence-corrected chi connectivity index (χ2v) is 8.76. The molecule has 1 aromatic rings. The quantitative estimate of drug-likeness (QED) is 0.689. The molecule has 1 aliphatic heterocycles. The molecule has 0 aromatic carbocycles. The standard InChI is InChI=1S/C10H9Br2ClN2O3S/c11-7-2-14-3-8(12)10(7)15-4-6(1-9(15)16)5-19(13,17)18/h2-3,6H,1,4-5H2. The van der Waals surface area contributed by atoms with Crippen LogP contribution in [0.1, 0.15) is 6.42 Å². The summed E-state index contributed by atoms with van der Waals surface area (Å²) >= 11 is 6.67. The van der Waals surface area contributed by atoms with Gasteiger partial charge in [0.1, 0.15) is 0 Å². The summed E-state index contributed by atoms with van der Waals surface area (Å²) in [4.78, 5) is 17.5. The molecule has 1 amide bonds. The number of carbonyl (C=O) groups is 1. The third kappa shape index (κ3) is 3.68. The summed E-state index contributed by atoms with van der Waals surface area (Å²) in [5, 5.41) is 0. The van der Waals surface area contributed by atoms with E-state index in [9.17, 15) is 13.2 Å². The predicted molar refractivity (Wildman–Crippen MR) is 79.7 cm³/mol. The van der Waals surface area contributed by atoms with Gasteiger partial charge in [0.25, 0.3) is 0 Å². The molecule has 0 N–H and O–H groups in total. The number of anilines is 1. The monoisotopic (exact) mass is 430 g/mol. The van der Waals surface area contributed by atoms with Gasteiger partial charge in [-0.25, -0.2) is 8.42 Å². The number of pyridine rings is 1. The van der Waals surface area contributed by atoms with Gasteiger partial charge in [0.2, 0.25) is 15.0 Å². The average Bonchev–Trinajstić information content (AvgIpc) is 2.56. The Labute approximate surface area is 132 Å². The number of nitrogens with zero attached hydrogens (tertiary/aromatic N) is 2. The van der Waals surface area contributed by atoms with Crippen LogP contribution in [0.2, 0.25) is 0 Å². The Kier molecular flexibility index (Phi) is 4.54. The second-order valence-electron chi connectivity index (χ2n) is 4.23. The third-order valence-electron chi connectivity index (χ3n) is 2.74. The number of hydrogen-bond donors (Lipinski definition) is 0. The summed E-state index contributed by atoms with van der Waals surface area (Å²) in [5.74, 6) is -0.614. The maximum Gasteiger partial charge on any atom is 0.232 e. The van der Waals surface area contributed by atoms with Crippen LogP contribution in [0, 0.1) is 5.92 Å². The maximum atomic E-state index is 12.0. The van der Waals surface area contributed by atoms with Crippen LogP contribution in [0.15, 0.2) is 21.3 Å². The van der Waals surface area contributed by atoms with Crippen LogP contribution in [0.4, 0.5) is 5.69 Å². The second kappa shape index (κ2) is 5.67. The van der Waals surface area contributed by atoms with E-state index in [1.54, 1.807) is 17.3 Å². The van der Waals surface area contributed by atoms with Crippen LogP contribution < -0.4 is 4.90 Å². The van der Waals surface area contributed by atoms with Crippen LogP contribution in [0.3, 0.4) is 0 Å². The summed E-state index contributed by atoms with van der Waals surface area (Å²) in [6, 6.07) is 0. The SMILES string of the molecule is O=C1CC(CS(=O)(=O)Cl)CN1c1c(Br)cncc1Br. The lowest BCUT2D eigenvalue weighted by atomic mass is 10.1. The zero-order chi connectivity index (χ0) is 14.2. The van der Waals surface area contributed by atoms with Crippen LogP contribution in [-0.2, 0) is 13.8 Å². The van der Waals surface area contributed by atoms with E-state index in [1.807, 2.05) is 0 Å². The van der Waals surface area contributed by atoms with Gasteiger partial charge in [-0.05, 0) is 31.9 Å². The minimum atomic E-state index is -3.60. The van der Waals surface area contributed by atoms with Crippen molar-refractivity contribution in [2.45, 2.75) is 6.42 Å². The number of hydrogen-bond acceptors (Lipinski definition) is 4. The molecule has 1 atom stereocenters. The first-order chi connectivity index (χ1) is 8.78. The van der Waals surface area contributed by atoms with Crippen molar-refractivity contribution >= 4 is 63.2 Å². The molecule has 1 aromatic heterocycles. The molecule has 9 heteroatoms. The van der Waals surface area contributed by atoms with Crippen molar-refractivity contribution in [1.29, 1.82) is 0 Å². The Morgan fingerprint density at radius 3 is 2.47 bits per heavy atom. The Morgan fingerprint density at radius 1 is 1.37 bits per heavy atom. The van der Waals surface area contributed by atoms with Crippen molar-refractivity contribution in [3.63, 3.8) is 0 Å². The van der Waals surface area contributed by atoms with Gasteiger partial charge >= 0.3 is 0 Å². The zero-order valence-corrected chi connectivity index (χ0v) is 14.3. The van der Waals surface area contributed by atoms with Gasteiger partial charge in [-0.15, -0.1) is 0 Å². The van der Waals surface area contributed by atoms with Crippen molar-refractivity contribution in [1.82, 2.24) is 4.98 Å². The molecular weight excluding hydrogens is 423 g/mol.